The number of amides is 2. The van der Waals surface area contributed by atoms with Crippen LogP contribution in [0.5, 0.6) is 0 Å². The van der Waals surface area contributed by atoms with Gasteiger partial charge in [-0.25, -0.2) is 0 Å². The summed E-state index contributed by atoms with van der Waals surface area (Å²) < 4.78 is 5.33. The van der Waals surface area contributed by atoms with Gasteiger partial charge in [-0.15, -0.1) is 0 Å². The zero-order valence-corrected chi connectivity index (χ0v) is 15.8. The normalized spacial score (nSPS) is 18.3. The first kappa shape index (κ1) is 18.9. The van der Waals surface area contributed by atoms with Gasteiger partial charge < -0.3 is 15.0 Å². The van der Waals surface area contributed by atoms with Gasteiger partial charge >= 0.3 is 0 Å². The Kier molecular flexibility index (Phi) is 5.94. The van der Waals surface area contributed by atoms with Crippen LogP contribution in [-0.2, 0) is 20.7 Å². The van der Waals surface area contributed by atoms with E-state index in [1.807, 2.05) is 18.2 Å². The summed E-state index contributed by atoms with van der Waals surface area (Å²) in [6.07, 6.45) is 1.91. The van der Waals surface area contributed by atoms with Gasteiger partial charge in [-0.3, -0.25) is 14.5 Å². The van der Waals surface area contributed by atoms with Crippen molar-refractivity contribution in [3.05, 3.63) is 29.8 Å². The van der Waals surface area contributed by atoms with Crippen molar-refractivity contribution in [1.29, 1.82) is 0 Å². The molecule has 2 amide bonds. The maximum Gasteiger partial charge on any atom is 0.242 e. The molecule has 26 heavy (non-hydrogen) atoms. The van der Waals surface area contributed by atoms with Crippen LogP contribution in [0.3, 0.4) is 0 Å². The molecule has 0 spiro atoms. The lowest BCUT2D eigenvalue weighted by Crippen LogP contribution is -2.52. The van der Waals surface area contributed by atoms with Gasteiger partial charge in [0.1, 0.15) is 5.41 Å². The number of hydrogen-bond acceptors (Lipinski definition) is 4. The van der Waals surface area contributed by atoms with Crippen LogP contribution >= 0.6 is 0 Å². The van der Waals surface area contributed by atoms with Crippen LogP contribution in [0.1, 0.15) is 25.8 Å². The number of morpholine rings is 1. The van der Waals surface area contributed by atoms with Crippen molar-refractivity contribution < 1.29 is 14.3 Å². The van der Waals surface area contributed by atoms with Crippen LogP contribution in [0.15, 0.2) is 24.3 Å². The lowest BCUT2D eigenvalue weighted by atomic mass is 9.88. The molecule has 0 bridgehead atoms. The fourth-order valence-electron chi connectivity index (χ4n) is 3.55. The number of anilines is 1. The Balaban J connectivity index is 1.60. The van der Waals surface area contributed by atoms with Gasteiger partial charge in [0.05, 0.1) is 13.2 Å². The molecule has 0 aliphatic carbocycles. The summed E-state index contributed by atoms with van der Waals surface area (Å²) in [5.74, 6) is -0.340. The second-order valence-corrected chi connectivity index (χ2v) is 7.52. The molecule has 3 rings (SSSR count). The van der Waals surface area contributed by atoms with Crippen molar-refractivity contribution in [2.45, 2.75) is 26.7 Å². The van der Waals surface area contributed by atoms with E-state index in [2.05, 4.69) is 16.3 Å². The minimum absolute atomic E-state index is 0.131. The van der Waals surface area contributed by atoms with Gasteiger partial charge in [0.25, 0.3) is 0 Å². The van der Waals surface area contributed by atoms with Crippen LogP contribution in [0, 0.1) is 5.41 Å². The first-order valence-corrected chi connectivity index (χ1v) is 9.48. The molecule has 0 aromatic heterocycles. The molecule has 2 aliphatic rings. The lowest BCUT2D eigenvalue weighted by Gasteiger charge is -2.35. The molecule has 0 saturated carbocycles. The van der Waals surface area contributed by atoms with Gasteiger partial charge in [-0.1, -0.05) is 18.2 Å². The molecule has 1 fully saturated rings. The van der Waals surface area contributed by atoms with Crippen molar-refractivity contribution in [3.63, 3.8) is 0 Å². The summed E-state index contributed by atoms with van der Waals surface area (Å²) in [6, 6.07) is 7.97. The molecule has 2 heterocycles. The second kappa shape index (κ2) is 8.18. The number of fused-ring (bicyclic) bond motifs is 1. The van der Waals surface area contributed by atoms with Crippen molar-refractivity contribution in [2.24, 2.45) is 5.41 Å². The summed E-state index contributed by atoms with van der Waals surface area (Å²) in [6.45, 7) is 8.70. The van der Waals surface area contributed by atoms with Crippen molar-refractivity contribution in [1.82, 2.24) is 10.2 Å². The quantitative estimate of drug-likeness (QED) is 0.808. The van der Waals surface area contributed by atoms with Crippen molar-refractivity contribution >= 4 is 17.5 Å². The van der Waals surface area contributed by atoms with E-state index in [1.165, 1.54) is 5.56 Å². The Hall–Kier alpha value is -1.92. The SMILES string of the molecule is CC(C)(C(=O)NCCN1CCOCC1)C(=O)N1CCCc2ccccc21. The number of benzene rings is 1. The Morgan fingerprint density at radius 3 is 2.65 bits per heavy atom. The molecule has 0 radical (unpaired) electrons. The molecular weight excluding hydrogens is 330 g/mol. The highest BCUT2D eigenvalue weighted by molar-refractivity contribution is 6.11. The first-order valence-electron chi connectivity index (χ1n) is 9.48. The number of carbonyl (C=O) groups is 2. The molecule has 0 atom stereocenters. The molecule has 1 aromatic rings. The number of rotatable bonds is 5. The maximum atomic E-state index is 13.1. The average Bonchev–Trinajstić information content (AvgIpc) is 2.67. The van der Waals surface area contributed by atoms with Gasteiger partial charge in [-0.05, 0) is 38.3 Å². The highest BCUT2D eigenvalue weighted by atomic mass is 16.5. The Bertz CT molecular complexity index is 653. The molecule has 0 unspecified atom stereocenters. The summed E-state index contributed by atoms with van der Waals surface area (Å²) >= 11 is 0. The van der Waals surface area contributed by atoms with Crippen LogP contribution < -0.4 is 10.2 Å². The fraction of sp³-hybridized carbons (Fsp3) is 0.600. The number of carbonyl (C=O) groups excluding carboxylic acids is 2. The van der Waals surface area contributed by atoms with Crippen LogP contribution in [0.4, 0.5) is 5.69 Å². The van der Waals surface area contributed by atoms with E-state index >= 15 is 0 Å². The summed E-state index contributed by atoms with van der Waals surface area (Å²) in [7, 11) is 0. The van der Waals surface area contributed by atoms with Gasteiger partial charge in [0.2, 0.25) is 11.8 Å². The van der Waals surface area contributed by atoms with Crippen LogP contribution in [0.2, 0.25) is 0 Å². The van der Waals surface area contributed by atoms with Crippen LogP contribution in [-0.4, -0.2) is 62.7 Å². The Labute approximate surface area is 155 Å². The highest BCUT2D eigenvalue weighted by Gasteiger charge is 2.40. The standard InChI is InChI=1S/C20H29N3O3/c1-20(2,18(24)21-9-11-22-12-14-26-15-13-22)19(25)23-10-5-7-16-6-3-4-8-17(16)23/h3-4,6,8H,5,7,9-15H2,1-2H3,(H,21,24). The van der Waals surface area contributed by atoms with E-state index in [1.54, 1.807) is 18.7 Å². The van der Waals surface area contributed by atoms with Crippen LogP contribution in [0.25, 0.3) is 0 Å². The van der Waals surface area contributed by atoms with Crippen molar-refractivity contribution in [2.75, 3.05) is 50.8 Å². The lowest BCUT2D eigenvalue weighted by molar-refractivity contribution is -0.139. The molecule has 1 N–H and O–H groups in total. The predicted octanol–water partition coefficient (Wildman–Crippen LogP) is 1.44. The molecular formula is C20H29N3O3. The number of nitrogens with one attached hydrogen (secondary N) is 1. The topological polar surface area (TPSA) is 61.9 Å². The number of aryl methyl sites for hydroxylation is 1. The van der Waals surface area contributed by atoms with E-state index in [-0.39, 0.29) is 11.8 Å². The Morgan fingerprint density at radius 1 is 1.15 bits per heavy atom. The number of ether oxygens (including phenoxy) is 1. The van der Waals surface area contributed by atoms with Gasteiger partial charge in [0, 0.05) is 38.4 Å². The third-order valence-electron chi connectivity index (χ3n) is 5.28. The number of hydrogen-bond donors (Lipinski definition) is 1. The average molecular weight is 359 g/mol. The second-order valence-electron chi connectivity index (χ2n) is 7.52. The van der Waals surface area contributed by atoms with E-state index in [9.17, 15) is 9.59 Å². The highest BCUT2D eigenvalue weighted by Crippen LogP contribution is 2.31. The zero-order chi connectivity index (χ0) is 18.6. The maximum absolute atomic E-state index is 13.1. The largest absolute Gasteiger partial charge is 0.379 e. The number of nitrogens with zero attached hydrogens (tertiary/aromatic N) is 2. The minimum atomic E-state index is -1.09. The molecule has 142 valence electrons. The smallest absolute Gasteiger partial charge is 0.242 e. The van der Waals surface area contributed by atoms with Crippen molar-refractivity contribution in [3.8, 4) is 0 Å². The molecule has 2 aliphatic heterocycles. The van der Waals surface area contributed by atoms with Gasteiger partial charge in [-0.2, -0.15) is 0 Å². The summed E-state index contributed by atoms with van der Waals surface area (Å²) in [5, 5.41) is 2.95. The third kappa shape index (κ3) is 4.07. The molecule has 6 heteroatoms. The number of para-hydroxylation sites is 1. The first-order chi connectivity index (χ1) is 12.5. The molecule has 6 nitrogen and oxygen atoms in total. The fourth-order valence-corrected chi connectivity index (χ4v) is 3.55. The zero-order valence-electron chi connectivity index (χ0n) is 15.8. The molecule has 1 aromatic carbocycles. The van der Waals surface area contributed by atoms with Gasteiger partial charge in [0.15, 0.2) is 0 Å². The third-order valence-corrected chi connectivity index (χ3v) is 5.28. The van der Waals surface area contributed by atoms with E-state index in [0.29, 0.717) is 13.1 Å². The van der Waals surface area contributed by atoms with E-state index in [4.69, 9.17) is 4.74 Å². The van der Waals surface area contributed by atoms with E-state index < -0.39 is 5.41 Å². The summed E-state index contributed by atoms with van der Waals surface area (Å²) in [4.78, 5) is 29.9. The molecule has 1 saturated heterocycles. The monoisotopic (exact) mass is 359 g/mol. The van der Waals surface area contributed by atoms with E-state index in [0.717, 1.165) is 51.4 Å². The minimum Gasteiger partial charge on any atom is -0.379 e. The predicted molar refractivity (Wildman–Crippen MR) is 101 cm³/mol. The summed E-state index contributed by atoms with van der Waals surface area (Å²) in [5.41, 5.74) is 1.03. The Morgan fingerprint density at radius 2 is 1.88 bits per heavy atom.